The molecule has 2 rings (SSSR count). The Bertz CT molecular complexity index is 419. The number of rotatable bonds is 3. The normalized spacial score (nSPS) is 16.7. The summed E-state index contributed by atoms with van der Waals surface area (Å²) in [5.41, 5.74) is 4.88. The highest BCUT2D eigenvalue weighted by Crippen LogP contribution is 2.26. The number of anilines is 1. The minimum atomic E-state index is -0.100. The predicted octanol–water partition coefficient (Wildman–Crippen LogP) is 1.46. The molecule has 1 heterocycles. The smallest absolute Gasteiger partial charge is 0.238 e. The number of para-hydroxylation sites is 1. The maximum Gasteiger partial charge on any atom is 0.238 e. The van der Waals surface area contributed by atoms with Gasteiger partial charge in [-0.05, 0) is 30.9 Å². The number of aryl methyl sites for hydroxylation is 1. The lowest BCUT2D eigenvalue weighted by atomic mass is 10.1. The molecule has 98 valence electrons. The third kappa shape index (κ3) is 2.82. The van der Waals surface area contributed by atoms with E-state index in [1.165, 1.54) is 24.1 Å². The van der Waals surface area contributed by atoms with E-state index >= 15 is 0 Å². The Kier molecular flexibility index (Phi) is 4.20. The van der Waals surface area contributed by atoms with Gasteiger partial charge in [0.15, 0.2) is 0 Å². The Morgan fingerprint density at radius 3 is 3.00 bits per heavy atom. The van der Waals surface area contributed by atoms with Gasteiger partial charge in [-0.3, -0.25) is 10.2 Å². The van der Waals surface area contributed by atoms with Gasteiger partial charge >= 0.3 is 0 Å². The Labute approximate surface area is 108 Å². The molecule has 0 saturated carbocycles. The first-order chi connectivity index (χ1) is 8.72. The SMILES string of the molecule is CC(CN1CCCCc2ccccc21)C(=O)NN. The quantitative estimate of drug-likeness (QED) is 0.483. The summed E-state index contributed by atoms with van der Waals surface area (Å²) in [6, 6.07) is 8.47. The molecule has 1 atom stereocenters. The Morgan fingerprint density at radius 2 is 2.22 bits per heavy atom. The van der Waals surface area contributed by atoms with E-state index in [1.807, 2.05) is 6.92 Å². The van der Waals surface area contributed by atoms with Crippen molar-refractivity contribution in [2.45, 2.75) is 26.2 Å². The molecule has 0 spiro atoms. The maximum absolute atomic E-state index is 11.5. The topological polar surface area (TPSA) is 58.4 Å². The van der Waals surface area contributed by atoms with Crippen LogP contribution in [0.15, 0.2) is 24.3 Å². The van der Waals surface area contributed by atoms with E-state index in [9.17, 15) is 4.79 Å². The van der Waals surface area contributed by atoms with Gasteiger partial charge in [-0.25, -0.2) is 5.84 Å². The largest absolute Gasteiger partial charge is 0.371 e. The lowest BCUT2D eigenvalue weighted by Gasteiger charge is -2.27. The van der Waals surface area contributed by atoms with Crippen LogP contribution in [-0.2, 0) is 11.2 Å². The van der Waals surface area contributed by atoms with E-state index in [-0.39, 0.29) is 11.8 Å². The van der Waals surface area contributed by atoms with Crippen molar-refractivity contribution >= 4 is 11.6 Å². The maximum atomic E-state index is 11.5. The number of benzene rings is 1. The third-order valence-electron chi connectivity index (χ3n) is 3.54. The number of hydrazine groups is 1. The van der Waals surface area contributed by atoms with Gasteiger partial charge in [-0.15, -0.1) is 0 Å². The monoisotopic (exact) mass is 247 g/mol. The fraction of sp³-hybridized carbons (Fsp3) is 0.500. The van der Waals surface area contributed by atoms with Gasteiger partial charge in [0.1, 0.15) is 0 Å². The number of carbonyl (C=O) groups is 1. The van der Waals surface area contributed by atoms with Crippen LogP contribution in [0.1, 0.15) is 25.3 Å². The highest BCUT2D eigenvalue weighted by atomic mass is 16.2. The van der Waals surface area contributed by atoms with Gasteiger partial charge in [0.05, 0.1) is 5.92 Å². The number of nitrogens with two attached hydrogens (primary N) is 1. The molecule has 1 aromatic carbocycles. The molecule has 0 aromatic heterocycles. The molecule has 0 fully saturated rings. The molecule has 0 radical (unpaired) electrons. The standard InChI is InChI=1S/C14H21N3O/c1-11(14(18)16-15)10-17-9-5-4-7-12-6-2-3-8-13(12)17/h2-3,6,8,11H,4-5,7,9-10,15H2,1H3,(H,16,18). The second-order valence-corrected chi connectivity index (χ2v) is 4.94. The van der Waals surface area contributed by atoms with Crippen molar-refractivity contribution in [3.8, 4) is 0 Å². The number of carbonyl (C=O) groups excluding carboxylic acids is 1. The van der Waals surface area contributed by atoms with E-state index in [2.05, 4.69) is 34.6 Å². The van der Waals surface area contributed by atoms with Crippen molar-refractivity contribution in [1.29, 1.82) is 0 Å². The van der Waals surface area contributed by atoms with E-state index in [1.54, 1.807) is 0 Å². The zero-order valence-corrected chi connectivity index (χ0v) is 10.9. The Hall–Kier alpha value is -1.55. The number of nitrogens with one attached hydrogen (secondary N) is 1. The summed E-state index contributed by atoms with van der Waals surface area (Å²) in [5.74, 6) is 4.99. The fourth-order valence-corrected chi connectivity index (χ4v) is 2.51. The first-order valence-electron chi connectivity index (χ1n) is 6.55. The Morgan fingerprint density at radius 1 is 1.44 bits per heavy atom. The van der Waals surface area contributed by atoms with Crippen molar-refractivity contribution in [3.05, 3.63) is 29.8 Å². The van der Waals surface area contributed by atoms with Gasteiger partial charge in [-0.1, -0.05) is 25.1 Å². The van der Waals surface area contributed by atoms with Gasteiger partial charge in [-0.2, -0.15) is 0 Å². The molecule has 18 heavy (non-hydrogen) atoms. The van der Waals surface area contributed by atoms with Crippen LogP contribution < -0.4 is 16.2 Å². The van der Waals surface area contributed by atoms with Crippen LogP contribution in [0, 0.1) is 5.92 Å². The molecule has 0 bridgehead atoms. The van der Waals surface area contributed by atoms with Crippen molar-refractivity contribution in [3.63, 3.8) is 0 Å². The lowest BCUT2D eigenvalue weighted by Crippen LogP contribution is -2.40. The van der Waals surface area contributed by atoms with Crippen molar-refractivity contribution in [2.75, 3.05) is 18.0 Å². The molecular formula is C14H21N3O. The molecule has 1 aliphatic rings. The average Bonchev–Trinajstić information content (AvgIpc) is 2.60. The lowest BCUT2D eigenvalue weighted by molar-refractivity contribution is -0.124. The van der Waals surface area contributed by atoms with E-state index in [0.29, 0.717) is 0 Å². The molecule has 0 aliphatic carbocycles. The highest BCUT2D eigenvalue weighted by molar-refractivity contribution is 5.78. The molecule has 3 N–H and O–H groups in total. The van der Waals surface area contributed by atoms with Crippen molar-refractivity contribution < 1.29 is 4.79 Å². The number of hydrogen-bond acceptors (Lipinski definition) is 3. The average molecular weight is 247 g/mol. The molecule has 4 nitrogen and oxygen atoms in total. The zero-order valence-electron chi connectivity index (χ0n) is 10.9. The molecule has 4 heteroatoms. The van der Waals surface area contributed by atoms with Crippen LogP contribution in [0.3, 0.4) is 0 Å². The van der Waals surface area contributed by atoms with Gasteiger partial charge in [0.2, 0.25) is 5.91 Å². The summed E-state index contributed by atoms with van der Waals surface area (Å²) in [6.07, 6.45) is 3.51. The van der Waals surface area contributed by atoms with Crippen LogP contribution in [0.5, 0.6) is 0 Å². The second kappa shape index (κ2) is 5.87. The van der Waals surface area contributed by atoms with Crippen LogP contribution in [0.25, 0.3) is 0 Å². The van der Waals surface area contributed by atoms with Crippen molar-refractivity contribution in [2.24, 2.45) is 11.8 Å². The first kappa shape index (κ1) is 12.9. The fourth-order valence-electron chi connectivity index (χ4n) is 2.51. The number of amides is 1. The molecule has 1 aromatic rings. The molecule has 0 saturated heterocycles. The molecule has 1 aliphatic heterocycles. The molecular weight excluding hydrogens is 226 g/mol. The molecule has 1 amide bonds. The van der Waals surface area contributed by atoms with Crippen LogP contribution >= 0.6 is 0 Å². The van der Waals surface area contributed by atoms with E-state index in [0.717, 1.165) is 19.5 Å². The summed E-state index contributed by atoms with van der Waals surface area (Å²) in [4.78, 5) is 13.8. The number of hydrogen-bond donors (Lipinski definition) is 2. The third-order valence-corrected chi connectivity index (χ3v) is 3.54. The van der Waals surface area contributed by atoms with Crippen LogP contribution in [0.2, 0.25) is 0 Å². The summed E-state index contributed by atoms with van der Waals surface area (Å²) >= 11 is 0. The van der Waals surface area contributed by atoms with Gasteiger partial charge < -0.3 is 4.90 Å². The number of fused-ring (bicyclic) bond motifs is 1. The van der Waals surface area contributed by atoms with Crippen LogP contribution in [0.4, 0.5) is 5.69 Å². The second-order valence-electron chi connectivity index (χ2n) is 4.94. The van der Waals surface area contributed by atoms with Gasteiger partial charge in [0.25, 0.3) is 0 Å². The van der Waals surface area contributed by atoms with Crippen LogP contribution in [-0.4, -0.2) is 19.0 Å². The number of nitrogens with zero attached hydrogens (tertiary/aromatic N) is 1. The summed E-state index contributed by atoms with van der Waals surface area (Å²) in [5, 5.41) is 0. The highest BCUT2D eigenvalue weighted by Gasteiger charge is 2.20. The van der Waals surface area contributed by atoms with Gasteiger partial charge in [0, 0.05) is 18.8 Å². The summed E-state index contributed by atoms with van der Waals surface area (Å²) in [6.45, 7) is 3.65. The zero-order chi connectivity index (χ0) is 13.0. The van der Waals surface area contributed by atoms with E-state index in [4.69, 9.17) is 5.84 Å². The minimum absolute atomic E-state index is 0.0962. The first-order valence-corrected chi connectivity index (χ1v) is 6.55. The summed E-state index contributed by atoms with van der Waals surface area (Å²) in [7, 11) is 0. The molecule has 1 unspecified atom stereocenters. The van der Waals surface area contributed by atoms with E-state index < -0.39 is 0 Å². The predicted molar refractivity (Wildman–Crippen MR) is 73.1 cm³/mol. The Balaban J connectivity index is 2.15. The minimum Gasteiger partial charge on any atom is -0.371 e. The summed E-state index contributed by atoms with van der Waals surface area (Å²) < 4.78 is 0. The van der Waals surface area contributed by atoms with Crippen molar-refractivity contribution in [1.82, 2.24) is 5.43 Å².